The van der Waals surface area contributed by atoms with E-state index < -0.39 is 0 Å². The maximum Gasteiger partial charge on any atom is 0.136 e. The monoisotopic (exact) mass is 361 g/mol. The third-order valence-electron chi connectivity index (χ3n) is 3.95. The Bertz CT molecular complexity index is 805. The highest BCUT2D eigenvalue weighted by atomic mass is 32.1. The van der Waals surface area contributed by atoms with E-state index in [9.17, 15) is 4.39 Å². The van der Waals surface area contributed by atoms with Crippen molar-refractivity contribution in [2.45, 2.75) is 12.6 Å². The van der Waals surface area contributed by atoms with E-state index in [-0.39, 0.29) is 11.9 Å². The molecule has 1 atom stereocenters. The van der Waals surface area contributed by atoms with E-state index in [4.69, 9.17) is 9.47 Å². The molecule has 0 fully saturated rings. The van der Waals surface area contributed by atoms with E-state index >= 15 is 0 Å². The number of H-pyrrole nitrogens is 1. The molecular formula is C18H20FN3O2S. The molecule has 2 aromatic heterocycles. The minimum atomic E-state index is -0.349. The number of methoxy groups -OCH3 is 2. The van der Waals surface area contributed by atoms with Crippen LogP contribution in [0.15, 0.2) is 41.9 Å². The van der Waals surface area contributed by atoms with E-state index in [2.05, 4.69) is 21.6 Å². The highest BCUT2D eigenvalue weighted by molar-refractivity contribution is 7.10. The third-order valence-corrected chi connectivity index (χ3v) is 4.92. The van der Waals surface area contributed by atoms with Crippen LogP contribution >= 0.6 is 11.3 Å². The second kappa shape index (κ2) is 8.24. The van der Waals surface area contributed by atoms with Crippen molar-refractivity contribution < 1.29 is 13.9 Å². The molecule has 1 aromatic carbocycles. The van der Waals surface area contributed by atoms with Crippen molar-refractivity contribution in [1.29, 1.82) is 0 Å². The summed E-state index contributed by atoms with van der Waals surface area (Å²) >= 11 is 1.66. The summed E-state index contributed by atoms with van der Waals surface area (Å²) in [6.07, 6.45) is 1.70. The molecule has 0 aliphatic heterocycles. The Morgan fingerprint density at radius 3 is 2.88 bits per heavy atom. The van der Waals surface area contributed by atoms with Crippen LogP contribution in [0, 0.1) is 5.82 Å². The summed E-state index contributed by atoms with van der Waals surface area (Å²) in [5, 5.41) is 12.3. The van der Waals surface area contributed by atoms with Gasteiger partial charge in [-0.2, -0.15) is 5.10 Å². The molecular weight excluding hydrogens is 341 g/mol. The first-order valence-electron chi connectivity index (χ1n) is 7.86. The molecule has 2 heterocycles. The molecule has 25 heavy (non-hydrogen) atoms. The first-order valence-corrected chi connectivity index (χ1v) is 8.74. The van der Waals surface area contributed by atoms with Crippen LogP contribution in [-0.2, 0) is 11.3 Å². The summed E-state index contributed by atoms with van der Waals surface area (Å²) in [5.74, 6) is 0.137. The molecule has 3 rings (SSSR count). The first-order chi connectivity index (χ1) is 12.2. The zero-order valence-corrected chi connectivity index (χ0v) is 14.9. The minimum absolute atomic E-state index is 0.00641. The van der Waals surface area contributed by atoms with E-state index in [1.807, 2.05) is 11.4 Å². The number of benzene rings is 1. The second-order valence-corrected chi connectivity index (χ2v) is 6.47. The van der Waals surface area contributed by atoms with Crippen molar-refractivity contribution >= 4 is 11.3 Å². The van der Waals surface area contributed by atoms with Crippen molar-refractivity contribution in [2.24, 2.45) is 0 Å². The standard InChI is InChI=1S/C18H20FN3O2S/c1-23-13-5-6-14(15(19)8-13)18-12(10-21-22-18)9-20-11-16(24-2)17-4-3-7-25-17/h3-8,10,16,20H,9,11H2,1-2H3,(H,21,22). The van der Waals surface area contributed by atoms with Gasteiger partial charge in [0.05, 0.1) is 19.0 Å². The third kappa shape index (κ3) is 4.07. The largest absolute Gasteiger partial charge is 0.497 e. The predicted molar refractivity (Wildman–Crippen MR) is 96.3 cm³/mol. The van der Waals surface area contributed by atoms with Crippen LogP contribution < -0.4 is 10.1 Å². The lowest BCUT2D eigenvalue weighted by molar-refractivity contribution is 0.105. The average molecular weight is 361 g/mol. The summed E-state index contributed by atoms with van der Waals surface area (Å²) in [7, 11) is 3.21. The van der Waals surface area contributed by atoms with Crippen molar-refractivity contribution in [1.82, 2.24) is 15.5 Å². The van der Waals surface area contributed by atoms with E-state index in [0.717, 1.165) is 5.56 Å². The molecule has 0 saturated carbocycles. The van der Waals surface area contributed by atoms with Gasteiger partial charge in [0.15, 0.2) is 0 Å². The van der Waals surface area contributed by atoms with Crippen molar-refractivity contribution in [3.8, 4) is 17.0 Å². The Kier molecular flexibility index (Phi) is 5.80. The lowest BCUT2D eigenvalue weighted by atomic mass is 10.1. The number of hydrogen-bond donors (Lipinski definition) is 2. The molecule has 0 amide bonds. The Morgan fingerprint density at radius 1 is 1.32 bits per heavy atom. The van der Waals surface area contributed by atoms with Gasteiger partial charge in [0.1, 0.15) is 17.7 Å². The summed E-state index contributed by atoms with van der Waals surface area (Å²) in [4.78, 5) is 1.17. The van der Waals surface area contributed by atoms with E-state index in [1.54, 1.807) is 36.8 Å². The predicted octanol–water partition coefficient (Wildman–Crippen LogP) is 3.76. The molecule has 0 saturated heterocycles. The molecule has 1 unspecified atom stereocenters. The number of rotatable bonds is 8. The molecule has 7 heteroatoms. The zero-order valence-electron chi connectivity index (χ0n) is 14.1. The van der Waals surface area contributed by atoms with Crippen molar-refractivity contribution in [3.63, 3.8) is 0 Å². The van der Waals surface area contributed by atoms with Gasteiger partial charge in [-0.3, -0.25) is 5.10 Å². The van der Waals surface area contributed by atoms with Crippen LogP contribution in [-0.4, -0.2) is 31.0 Å². The fourth-order valence-electron chi connectivity index (χ4n) is 2.62. The lowest BCUT2D eigenvalue weighted by Gasteiger charge is -2.14. The Balaban J connectivity index is 1.68. The number of ether oxygens (including phenoxy) is 2. The number of aromatic amines is 1. The Morgan fingerprint density at radius 2 is 2.20 bits per heavy atom. The molecule has 0 spiro atoms. The van der Waals surface area contributed by atoms with Gasteiger partial charge in [-0.1, -0.05) is 6.07 Å². The van der Waals surface area contributed by atoms with Crippen LogP contribution in [0.5, 0.6) is 5.75 Å². The summed E-state index contributed by atoms with van der Waals surface area (Å²) in [5.41, 5.74) is 2.03. The maximum atomic E-state index is 14.3. The molecule has 0 bridgehead atoms. The Labute approximate surface area is 149 Å². The van der Waals surface area contributed by atoms with Crippen LogP contribution in [0.25, 0.3) is 11.3 Å². The van der Waals surface area contributed by atoms with Crippen molar-refractivity contribution in [2.75, 3.05) is 20.8 Å². The van der Waals surface area contributed by atoms with Gasteiger partial charge in [0.25, 0.3) is 0 Å². The van der Waals surface area contributed by atoms with Gasteiger partial charge >= 0.3 is 0 Å². The lowest BCUT2D eigenvalue weighted by Crippen LogP contribution is -2.22. The number of nitrogens with one attached hydrogen (secondary N) is 2. The van der Waals surface area contributed by atoms with Gasteiger partial charge < -0.3 is 14.8 Å². The normalized spacial score (nSPS) is 12.3. The van der Waals surface area contributed by atoms with Gasteiger partial charge in [-0.05, 0) is 23.6 Å². The topological polar surface area (TPSA) is 59.2 Å². The fraction of sp³-hybridized carbons (Fsp3) is 0.278. The quantitative estimate of drug-likeness (QED) is 0.641. The summed E-state index contributed by atoms with van der Waals surface area (Å²) in [6.45, 7) is 1.22. The number of thiophene rings is 1. The molecule has 2 N–H and O–H groups in total. The second-order valence-electron chi connectivity index (χ2n) is 5.49. The number of aromatic nitrogens is 2. The SMILES string of the molecule is COc1ccc(-c2[nH]ncc2CNCC(OC)c2cccs2)c(F)c1. The van der Waals surface area contributed by atoms with Crippen LogP contribution in [0.3, 0.4) is 0 Å². The van der Waals surface area contributed by atoms with Gasteiger partial charge in [-0.15, -0.1) is 11.3 Å². The molecule has 0 aliphatic rings. The number of nitrogens with zero attached hydrogens (tertiary/aromatic N) is 1. The van der Waals surface area contributed by atoms with Gasteiger partial charge in [0, 0.05) is 42.3 Å². The van der Waals surface area contributed by atoms with Crippen LogP contribution in [0.2, 0.25) is 0 Å². The highest BCUT2D eigenvalue weighted by Crippen LogP contribution is 2.27. The van der Waals surface area contributed by atoms with Crippen LogP contribution in [0.1, 0.15) is 16.5 Å². The van der Waals surface area contributed by atoms with E-state index in [0.29, 0.717) is 30.1 Å². The summed E-state index contributed by atoms with van der Waals surface area (Å²) in [6, 6.07) is 8.84. The maximum absolute atomic E-state index is 14.3. The van der Waals surface area contributed by atoms with Gasteiger partial charge in [-0.25, -0.2) is 4.39 Å². The van der Waals surface area contributed by atoms with Gasteiger partial charge in [0.2, 0.25) is 0 Å². The van der Waals surface area contributed by atoms with Crippen molar-refractivity contribution in [3.05, 3.63) is 58.2 Å². The van der Waals surface area contributed by atoms with E-state index in [1.165, 1.54) is 18.1 Å². The zero-order chi connectivity index (χ0) is 17.6. The number of hydrogen-bond acceptors (Lipinski definition) is 5. The Hall–Kier alpha value is -2.22. The number of halogens is 1. The fourth-order valence-corrected chi connectivity index (χ4v) is 3.42. The van der Waals surface area contributed by atoms with Crippen LogP contribution in [0.4, 0.5) is 4.39 Å². The highest BCUT2D eigenvalue weighted by Gasteiger charge is 2.15. The molecule has 0 aliphatic carbocycles. The molecule has 132 valence electrons. The summed E-state index contributed by atoms with van der Waals surface area (Å²) < 4.78 is 24.9. The average Bonchev–Trinajstić information content (AvgIpc) is 3.30. The smallest absolute Gasteiger partial charge is 0.136 e. The molecule has 0 radical (unpaired) electrons. The first kappa shape index (κ1) is 17.6. The molecule has 5 nitrogen and oxygen atoms in total. The minimum Gasteiger partial charge on any atom is -0.497 e. The molecule has 3 aromatic rings.